The molecule has 0 spiro atoms. The second-order valence-electron chi connectivity index (χ2n) is 7.84. The van der Waals surface area contributed by atoms with Gasteiger partial charge in [-0.05, 0) is 0 Å². The number of rotatable bonds is 3. The summed E-state index contributed by atoms with van der Waals surface area (Å²) in [4.78, 5) is 33.6. The lowest BCUT2D eigenvalue weighted by atomic mass is 9.96. The zero-order chi connectivity index (χ0) is 23.4. The van der Waals surface area contributed by atoms with Crippen LogP contribution < -0.4 is 11.2 Å². The van der Waals surface area contributed by atoms with Gasteiger partial charge in [0.1, 0.15) is 16.2 Å². The fourth-order valence-electron chi connectivity index (χ4n) is 2.79. The number of thioether (sulfide) groups is 1. The Bertz CT molecular complexity index is 1320. The predicted octanol–water partition coefficient (Wildman–Crippen LogP) is 3.31. The van der Waals surface area contributed by atoms with Crippen LogP contribution in [-0.4, -0.2) is 19.1 Å². The summed E-state index contributed by atoms with van der Waals surface area (Å²) in [6.45, 7) is 5.31. The third kappa shape index (κ3) is 3.73. The van der Waals surface area contributed by atoms with Gasteiger partial charge in [-0.3, -0.25) is 13.9 Å². The summed E-state index contributed by atoms with van der Waals surface area (Å²) in [5, 5.41) is -0.151. The van der Waals surface area contributed by atoms with Crippen LogP contribution in [0.15, 0.2) is 14.6 Å². The van der Waals surface area contributed by atoms with Gasteiger partial charge in [0.2, 0.25) is 5.82 Å². The molecule has 0 saturated carbocycles. The molecule has 12 heteroatoms. The molecule has 3 rings (SSSR count). The Kier molecular flexibility index (Phi) is 5.72. The molecule has 3 aromatic rings. The molecule has 0 radical (unpaired) electrons. The Balaban J connectivity index is 2.26. The molecule has 31 heavy (non-hydrogen) atoms. The Morgan fingerprint density at radius 3 is 1.87 bits per heavy atom. The smallest absolute Gasteiger partial charge is 0.280 e. The highest BCUT2D eigenvalue weighted by atomic mass is 32.2. The molecule has 0 fully saturated rings. The Morgan fingerprint density at radius 2 is 1.35 bits per heavy atom. The minimum atomic E-state index is -2.25. The van der Waals surface area contributed by atoms with Crippen LogP contribution in [-0.2, 0) is 25.3 Å². The third-order valence-electron chi connectivity index (χ3n) is 4.59. The largest absolute Gasteiger partial charge is 0.332 e. The van der Waals surface area contributed by atoms with Gasteiger partial charge in [-0.2, -0.15) is 0 Å². The first-order valence-electron chi connectivity index (χ1n) is 8.88. The zero-order valence-corrected chi connectivity index (χ0v) is 17.9. The van der Waals surface area contributed by atoms with E-state index >= 15 is 0 Å². The van der Waals surface area contributed by atoms with Crippen LogP contribution in [0.3, 0.4) is 0 Å². The minimum Gasteiger partial charge on any atom is -0.280 e. The van der Waals surface area contributed by atoms with E-state index in [2.05, 4.69) is 9.97 Å². The molecular weight excluding hydrogens is 443 g/mol. The minimum absolute atomic E-state index is 0.00654. The maximum Gasteiger partial charge on any atom is 0.332 e. The predicted molar refractivity (Wildman–Crippen MR) is 105 cm³/mol. The average molecular weight is 460 g/mol. The van der Waals surface area contributed by atoms with Crippen LogP contribution in [0.5, 0.6) is 0 Å². The molecule has 0 bridgehead atoms. The number of hydrogen-bond acceptors (Lipinski definition) is 5. The van der Waals surface area contributed by atoms with Gasteiger partial charge in [0.15, 0.2) is 28.9 Å². The molecule has 0 unspecified atom stereocenters. The van der Waals surface area contributed by atoms with Crippen molar-refractivity contribution in [3.8, 4) is 0 Å². The van der Waals surface area contributed by atoms with Gasteiger partial charge in [-0.25, -0.2) is 36.7 Å². The van der Waals surface area contributed by atoms with Crippen molar-refractivity contribution in [1.29, 1.82) is 0 Å². The van der Waals surface area contributed by atoms with E-state index in [0.717, 1.165) is 9.13 Å². The summed E-state index contributed by atoms with van der Waals surface area (Å²) in [6, 6.07) is 0. The third-order valence-corrected chi connectivity index (χ3v) is 5.59. The number of benzene rings is 1. The topological polar surface area (TPSA) is 69.8 Å². The lowest BCUT2D eigenvalue weighted by Crippen LogP contribution is -2.38. The maximum absolute atomic E-state index is 14.1. The summed E-state index contributed by atoms with van der Waals surface area (Å²) in [7, 11) is 2.63. The standard InChI is InChI=1S/C19H17F5N4O2S/c1-19(2,3)17-25-14-8(16(29)28(5)18(30)27(14)4)15(26-17)31-6-7-9(20)11(22)13(24)12(23)10(7)21/h6H2,1-5H3. The molecule has 2 aromatic heterocycles. The Hall–Kier alpha value is -2.76. The highest BCUT2D eigenvalue weighted by Gasteiger charge is 2.27. The van der Waals surface area contributed by atoms with E-state index in [4.69, 9.17) is 0 Å². The van der Waals surface area contributed by atoms with Crippen LogP contribution in [0.1, 0.15) is 32.2 Å². The monoisotopic (exact) mass is 460 g/mol. The van der Waals surface area contributed by atoms with E-state index in [1.54, 1.807) is 20.8 Å². The molecule has 0 aliphatic heterocycles. The molecule has 1 aromatic carbocycles. The number of aryl methyl sites for hydroxylation is 1. The molecular formula is C19H17F5N4O2S. The van der Waals surface area contributed by atoms with Gasteiger partial charge in [0.25, 0.3) is 5.56 Å². The van der Waals surface area contributed by atoms with Crippen molar-refractivity contribution in [3.63, 3.8) is 0 Å². The molecule has 2 heterocycles. The highest BCUT2D eigenvalue weighted by Crippen LogP contribution is 2.32. The van der Waals surface area contributed by atoms with Crippen molar-refractivity contribution in [2.75, 3.05) is 0 Å². The first-order chi connectivity index (χ1) is 14.3. The van der Waals surface area contributed by atoms with E-state index in [-0.39, 0.29) is 21.9 Å². The number of halogens is 5. The number of hydrogen-bond donors (Lipinski definition) is 0. The van der Waals surface area contributed by atoms with Gasteiger partial charge >= 0.3 is 5.69 Å². The van der Waals surface area contributed by atoms with Crippen LogP contribution >= 0.6 is 11.8 Å². The molecule has 6 nitrogen and oxygen atoms in total. The van der Waals surface area contributed by atoms with E-state index in [9.17, 15) is 31.5 Å². The van der Waals surface area contributed by atoms with Crippen LogP contribution in [0.4, 0.5) is 22.0 Å². The van der Waals surface area contributed by atoms with E-state index in [0.29, 0.717) is 11.8 Å². The van der Waals surface area contributed by atoms with Crippen LogP contribution in [0.25, 0.3) is 11.0 Å². The number of fused-ring (bicyclic) bond motifs is 1. The first kappa shape index (κ1) is 22.9. The van der Waals surface area contributed by atoms with Crippen molar-refractivity contribution in [3.05, 3.63) is 61.3 Å². The summed E-state index contributed by atoms with van der Waals surface area (Å²) in [5.41, 5.74) is -3.09. The van der Waals surface area contributed by atoms with Crippen molar-refractivity contribution in [2.24, 2.45) is 14.1 Å². The van der Waals surface area contributed by atoms with Gasteiger partial charge in [-0.1, -0.05) is 20.8 Å². The lowest BCUT2D eigenvalue weighted by molar-refractivity contribution is 0.372. The zero-order valence-electron chi connectivity index (χ0n) is 17.1. The van der Waals surface area contributed by atoms with E-state index < -0.39 is 57.1 Å². The average Bonchev–Trinajstić information content (AvgIpc) is 2.72. The summed E-state index contributed by atoms with van der Waals surface area (Å²) >= 11 is 0.607. The Morgan fingerprint density at radius 1 is 0.839 bits per heavy atom. The molecule has 0 amide bonds. The van der Waals surface area contributed by atoms with Crippen molar-refractivity contribution in [2.45, 2.75) is 37.0 Å². The SMILES string of the molecule is Cn1c(=O)c2c(SCc3c(F)c(F)c(F)c(F)c3F)nc(C(C)(C)C)nc2n(C)c1=O. The fraction of sp³-hybridized carbons (Fsp3) is 0.368. The Labute approximate surface area is 176 Å². The summed E-state index contributed by atoms with van der Waals surface area (Å²) in [5.74, 6) is -10.8. The molecule has 0 aliphatic rings. The lowest BCUT2D eigenvalue weighted by Gasteiger charge is -2.19. The maximum atomic E-state index is 14.1. The second kappa shape index (κ2) is 7.74. The van der Waals surface area contributed by atoms with Crippen LogP contribution in [0.2, 0.25) is 0 Å². The van der Waals surface area contributed by atoms with E-state index in [1.807, 2.05) is 0 Å². The van der Waals surface area contributed by atoms with Gasteiger partial charge in [-0.15, -0.1) is 11.8 Å². The van der Waals surface area contributed by atoms with Gasteiger partial charge in [0, 0.05) is 30.8 Å². The molecule has 0 atom stereocenters. The molecule has 0 saturated heterocycles. The molecule has 166 valence electrons. The quantitative estimate of drug-likeness (QED) is 0.197. The van der Waals surface area contributed by atoms with Crippen molar-refractivity contribution >= 4 is 22.8 Å². The molecule has 0 N–H and O–H groups in total. The highest BCUT2D eigenvalue weighted by molar-refractivity contribution is 7.98. The second-order valence-corrected chi connectivity index (χ2v) is 8.81. The normalized spacial score (nSPS) is 12.1. The van der Waals surface area contributed by atoms with Crippen LogP contribution in [0, 0.1) is 29.1 Å². The number of nitrogens with zero attached hydrogens (tertiary/aromatic N) is 4. The summed E-state index contributed by atoms with van der Waals surface area (Å²) in [6.07, 6.45) is 0. The van der Waals surface area contributed by atoms with E-state index in [1.165, 1.54) is 14.1 Å². The van der Waals surface area contributed by atoms with Crippen molar-refractivity contribution < 1.29 is 22.0 Å². The van der Waals surface area contributed by atoms with Crippen molar-refractivity contribution in [1.82, 2.24) is 19.1 Å². The van der Waals surface area contributed by atoms with Gasteiger partial charge in [0.05, 0.1) is 0 Å². The fourth-order valence-corrected chi connectivity index (χ4v) is 3.79. The summed E-state index contributed by atoms with van der Waals surface area (Å²) < 4.78 is 70.4. The number of aromatic nitrogens is 4. The van der Waals surface area contributed by atoms with Gasteiger partial charge < -0.3 is 0 Å². The molecule has 0 aliphatic carbocycles. The first-order valence-corrected chi connectivity index (χ1v) is 9.87.